The van der Waals surface area contributed by atoms with E-state index in [0.717, 1.165) is 22.4 Å². The summed E-state index contributed by atoms with van der Waals surface area (Å²) in [6.07, 6.45) is 0. The predicted molar refractivity (Wildman–Crippen MR) is 122 cm³/mol. The number of aromatic nitrogens is 3. The molecule has 0 spiro atoms. The molecule has 0 aliphatic rings. The minimum absolute atomic E-state index is 0.117. The number of benzene rings is 3. The molecular weight excluding hydrogens is 426 g/mol. The summed E-state index contributed by atoms with van der Waals surface area (Å²) < 4.78 is 6.84. The molecule has 0 amide bonds. The molecule has 0 aliphatic heterocycles. The molecule has 4 rings (SSSR count). The minimum atomic E-state index is -0.770. The molecule has 7 heteroatoms. The van der Waals surface area contributed by atoms with Crippen LogP contribution in [0.1, 0.15) is 32.1 Å². The summed E-state index contributed by atoms with van der Waals surface area (Å²) in [4.78, 5) is 29.4. The second kappa shape index (κ2) is 9.16. The van der Waals surface area contributed by atoms with Crippen LogP contribution in [0.25, 0.3) is 17.1 Å². The number of carbonyl (C=O) groups excluding carboxylic acids is 2. The molecule has 160 valence electrons. The monoisotopic (exact) mass is 445 g/mol. The van der Waals surface area contributed by atoms with Crippen LogP contribution in [0.4, 0.5) is 0 Å². The third-order valence-electron chi connectivity index (χ3n) is 5.13. The number of rotatable bonds is 6. The highest BCUT2D eigenvalue weighted by atomic mass is 35.5. The summed E-state index contributed by atoms with van der Waals surface area (Å²) in [5, 5.41) is 4.94. The molecule has 0 bridgehead atoms. The fourth-order valence-corrected chi connectivity index (χ4v) is 3.35. The summed E-state index contributed by atoms with van der Waals surface area (Å²) in [6, 6.07) is 21.7. The average molecular weight is 446 g/mol. The zero-order valence-electron chi connectivity index (χ0n) is 17.6. The zero-order valence-corrected chi connectivity index (χ0v) is 18.3. The van der Waals surface area contributed by atoms with Crippen molar-refractivity contribution in [2.75, 3.05) is 6.61 Å². The van der Waals surface area contributed by atoms with Gasteiger partial charge in [-0.15, -0.1) is 5.10 Å². The van der Waals surface area contributed by atoms with Crippen LogP contribution in [0.2, 0.25) is 5.02 Å². The average Bonchev–Trinajstić information content (AvgIpc) is 3.25. The van der Waals surface area contributed by atoms with Crippen LogP contribution < -0.4 is 0 Å². The first-order valence-electron chi connectivity index (χ1n) is 9.99. The van der Waals surface area contributed by atoms with Crippen LogP contribution in [0.5, 0.6) is 0 Å². The van der Waals surface area contributed by atoms with Crippen molar-refractivity contribution in [3.05, 3.63) is 100 Å². The number of esters is 1. The van der Waals surface area contributed by atoms with Gasteiger partial charge in [-0.25, -0.2) is 14.5 Å². The quantitative estimate of drug-likeness (QED) is 0.299. The van der Waals surface area contributed by atoms with E-state index in [2.05, 4.69) is 10.1 Å². The third-order valence-corrected chi connectivity index (χ3v) is 5.38. The first-order chi connectivity index (χ1) is 15.4. The third kappa shape index (κ3) is 4.45. The lowest BCUT2D eigenvalue weighted by Gasteiger charge is -2.10. The van der Waals surface area contributed by atoms with Gasteiger partial charge in [0.15, 0.2) is 18.2 Å². The number of ether oxygens (including phenoxy) is 1. The van der Waals surface area contributed by atoms with Crippen molar-refractivity contribution in [3.63, 3.8) is 0 Å². The van der Waals surface area contributed by atoms with Gasteiger partial charge in [-0.05, 0) is 55.3 Å². The van der Waals surface area contributed by atoms with Gasteiger partial charge in [0, 0.05) is 16.1 Å². The smallest absolute Gasteiger partial charge is 0.378 e. The molecule has 4 aromatic rings. The molecule has 32 heavy (non-hydrogen) atoms. The van der Waals surface area contributed by atoms with Crippen molar-refractivity contribution < 1.29 is 14.3 Å². The largest absolute Gasteiger partial charge is 0.451 e. The Balaban J connectivity index is 1.63. The topological polar surface area (TPSA) is 74.1 Å². The number of halogens is 1. The number of Topliss-reactive ketones (excluding diaryl/α,β-unsaturated/α-hetero) is 1. The molecule has 1 heterocycles. The molecule has 0 saturated heterocycles. The Morgan fingerprint density at radius 2 is 1.66 bits per heavy atom. The molecule has 0 atom stereocenters. The van der Waals surface area contributed by atoms with Crippen molar-refractivity contribution in [1.29, 1.82) is 0 Å². The summed E-state index contributed by atoms with van der Waals surface area (Å²) in [5.41, 5.74) is 4.13. The molecule has 0 aliphatic carbocycles. The van der Waals surface area contributed by atoms with Crippen LogP contribution >= 0.6 is 11.6 Å². The van der Waals surface area contributed by atoms with Crippen molar-refractivity contribution in [3.8, 4) is 17.1 Å². The molecule has 0 saturated carbocycles. The summed E-state index contributed by atoms with van der Waals surface area (Å²) >= 11 is 5.85. The first kappa shape index (κ1) is 21.5. The Bertz CT molecular complexity index is 1280. The molecule has 0 N–H and O–H groups in total. The molecule has 0 radical (unpaired) electrons. The summed E-state index contributed by atoms with van der Waals surface area (Å²) in [5.74, 6) is -0.718. The number of aryl methyl sites for hydroxylation is 1. The lowest BCUT2D eigenvalue weighted by molar-refractivity contribution is 0.0462. The molecule has 0 unspecified atom stereocenters. The van der Waals surface area contributed by atoms with Gasteiger partial charge in [-0.3, -0.25) is 4.79 Å². The van der Waals surface area contributed by atoms with Crippen LogP contribution in [0.15, 0.2) is 72.8 Å². The van der Waals surface area contributed by atoms with E-state index in [9.17, 15) is 9.59 Å². The lowest BCUT2D eigenvalue weighted by atomic mass is 10.1. The van der Waals surface area contributed by atoms with Crippen molar-refractivity contribution in [2.45, 2.75) is 13.8 Å². The summed E-state index contributed by atoms with van der Waals surface area (Å²) in [6.45, 7) is 3.58. The highest BCUT2D eigenvalue weighted by molar-refractivity contribution is 6.30. The number of hydrogen-bond acceptors (Lipinski definition) is 5. The number of carbonyl (C=O) groups is 2. The maximum atomic E-state index is 12.7. The number of nitrogens with zero attached hydrogens (tertiary/aromatic N) is 3. The highest BCUT2D eigenvalue weighted by Crippen LogP contribution is 2.24. The maximum absolute atomic E-state index is 12.7. The van der Waals surface area contributed by atoms with Crippen LogP contribution in [0, 0.1) is 13.8 Å². The van der Waals surface area contributed by atoms with E-state index < -0.39 is 12.6 Å². The second-order valence-electron chi connectivity index (χ2n) is 7.26. The normalized spacial score (nSPS) is 10.7. The fraction of sp³-hybridized carbons (Fsp3) is 0.120. The van der Waals surface area contributed by atoms with E-state index >= 15 is 0 Å². The number of ketones is 1. The van der Waals surface area contributed by atoms with Gasteiger partial charge < -0.3 is 4.74 Å². The van der Waals surface area contributed by atoms with Crippen molar-refractivity contribution in [2.24, 2.45) is 0 Å². The van der Waals surface area contributed by atoms with Gasteiger partial charge in [-0.2, -0.15) is 0 Å². The van der Waals surface area contributed by atoms with E-state index in [4.69, 9.17) is 16.3 Å². The van der Waals surface area contributed by atoms with E-state index in [1.165, 1.54) is 0 Å². The van der Waals surface area contributed by atoms with Gasteiger partial charge in [0.25, 0.3) is 5.82 Å². The highest BCUT2D eigenvalue weighted by Gasteiger charge is 2.22. The molecule has 3 aromatic carbocycles. The SMILES string of the molecule is Cc1cccc(-n2nc(C(=O)OCC(=O)c3ccc(Cl)cc3)nc2-c2ccccc2)c1C. The Morgan fingerprint density at radius 3 is 2.38 bits per heavy atom. The van der Waals surface area contributed by atoms with Crippen LogP contribution in [-0.2, 0) is 4.74 Å². The standard InChI is InChI=1S/C25H20ClN3O3/c1-16-7-6-10-21(17(16)2)29-24(19-8-4-3-5-9-19)27-23(28-29)25(31)32-15-22(30)18-11-13-20(26)14-12-18/h3-14H,15H2,1-2H3. The van der Waals surface area contributed by atoms with E-state index in [1.807, 2.05) is 62.4 Å². The van der Waals surface area contributed by atoms with Crippen LogP contribution in [-0.4, -0.2) is 33.1 Å². The molecular formula is C25H20ClN3O3. The molecule has 1 aromatic heterocycles. The van der Waals surface area contributed by atoms with Gasteiger partial charge in [0.2, 0.25) is 0 Å². The van der Waals surface area contributed by atoms with Gasteiger partial charge in [-0.1, -0.05) is 54.1 Å². The fourth-order valence-electron chi connectivity index (χ4n) is 3.22. The van der Waals surface area contributed by atoms with Crippen LogP contribution in [0.3, 0.4) is 0 Å². The maximum Gasteiger partial charge on any atom is 0.378 e. The van der Waals surface area contributed by atoms with Gasteiger partial charge in [0.1, 0.15) is 0 Å². The zero-order chi connectivity index (χ0) is 22.7. The van der Waals surface area contributed by atoms with E-state index in [-0.39, 0.29) is 11.6 Å². The lowest BCUT2D eigenvalue weighted by Crippen LogP contribution is -2.15. The van der Waals surface area contributed by atoms with Crippen molar-refractivity contribution >= 4 is 23.4 Å². The second-order valence-corrected chi connectivity index (χ2v) is 7.70. The minimum Gasteiger partial charge on any atom is -0.451 e. The van der Waals surface area contributed by atoms with E-state index in [0.29, 0.717) is 16.4 Å². The van der Waals surface area contributed by atoms with Crippen molar-refractivity contribution in [1.82, 2.24) is 14.8 Å². The van der Waals surface area contributed by atoms with E-state index in [1.54, 1.807) is 28.9 Å². The Hall–Kier alpha value is -3.77. The van der Waals surface area contributed by atoms with Gasteiger partial charge >= 0.3 is 5.97 Å². The summed E-state index contributed by atoms with van der Waals surface area (Å²) in [7, 11) is 0. The Labute approximate surface area is 190 Å². The Kier molecular flexibility index (Phi) is 6.14. The number of hydrogen-bond donors (Lipinski definition) is 0. The predicted octanol–water partition coefficient (Wildman–Crippen LogP) is 5.24. The van der Waals surface area contributed by atoms with Gasteiger partial charge in [0.05, 0.1) is 5.69 Å². The molecule has 0 fully saturated rings. The Morgan fingerprint density at radius 1 is 0.938 bits per heavy atom. The molecule has 6 nitrogen and oxygen atoms in total. The first-order valence-corrected chi connectivity index (χ1v) is 10.4.